The molecule has 1 amide bonds. The van der Waals surface area contributed by atoms with Gasteiger partial charge in [-0.2, -0.15) is 0 Å². The second-order valence-corrected chi connectivity index (χ2v) is 5.48. The molecule has 1 aromatic carbocycles. The Morgan fingerprint density at radius 1 is 1.35 bits per heavy atom. The third kappa shape index (κ3) is 4.23. The number of aryl methyl sites for hydroxylation is 1. The van der Waals surface area contributed by atoms with Crippen molar-refractivity contribution < 1.29 is 9.53 Å². The van der Waals surface area contributed by atoms with Crippen molar-refractivity contribution in [2.45, 2.75) is 45.2 Å². The van der Waals surface area contributed by atoms with Crippen LogP contribution in [0.2, 0.25) is 0 Å². The molecule has 0 bridgehead atoms. The van der Waals surface area contributed by atoms with Crippen LogP contribution in [0.4, 0.5) is 0 Å². The molecule has 0 unspecified atom stereocenters. The molecular weight excluding hydrogens is 252 g/mol. The number of hydrogen-bond donors (Lipinski definition) is 2. The summed E-state index contributed by atoms with van der Waals surface area (Å²) in [7, 11) is 1.90. The van der Waals surface area contributed by atoms with E-state index in [9.17, 15) is 4.79 Å². The van der Waals surface area contributed by atoms with Crippen LogP contribution in [0.15, 0.2) is 18.2 Å². The van der Waals surface area contributed by atoms with Crippen molar-refractivity contribution in [2.75, 3.05) is 13.7 Å². The van der Waals surface area contributed by atoms with E-state index >= 15 is 0 Å². The van der Waals surface area contributed by atoms with Crippen molar-refractivity contribution in [3.63, 3.8) is 0 Å². The maximum atomic E-state index is 11.9. The average Bonchev–Trinajstić information content (AvgIpc) is 2.91. The third-order valence-electron chi connectivity index (χ3n) is 3.66. The topological polar surface area (TPSA) is 50.4 Å². The summed E-state index contributed by atoms with van der Waals surface area (Å²) in [6, 6.07) is 6.37. The number of benzene rings is 1. The van der Waals surface area contributed by atoms with Gasteiger partial charge in [-0.15, -0.1) is 0 Å². The molecule has 0 aromatic heterocycles. The Hall–Kier alpha value is -1.55. The van der Waals surface area contributed by atoms with Gasteiger partial charge in [-0.25, -0.2) is 0 Å². The van der Waals surface area contributed by atoms with E-state index in [-0.39, 0.29) is 12.5 Å². The van der Waals surface area contributed by atoms with E-state index in [1.807, 2.05) is 19.2 Å². The van der Waals surface area contributed by atoms with Crippen LogP contribution in [-0.4, -0.2) is 25.6 Å². The van der Waals surface area contributed by atoms with Crippen LogP contribution in [0, 0.1) is 6.92 Å². The molecule has 1 saturated carbocycles. The van der Waals surface area contributed by atoms with Gasteiger partial charge in [0.25, 0.3) is 5.91 Å². The van der Waals surface area contributed by atoms with Crippen LogP contribution in [-0.2, 0) is 11.3 Å². The third-order valence-corrected chi connectivity index (χ3v) is 3.66. The monoisotopic (exact) mass is 276 g/mol. The van der Waals surface area contributed by atoms with Gasteiger partial charge in [0.15, 0.2) is 6.61 Å². The number of ether oxygens (including phenoxy) is 1. The summed E-state index contributed by atoms with van der Waals surface area (Å²) < 4.78 is 5.66. The lowest BCUT2D eigenvalue weighted by atomic mass is 10.1. The summed E-state index contributed by atoms with van der Waals surface area (Å²) in [5.74, 6) is 0.763. The van der Waals surface area contributed by atoms with Crippen LogP contribution < -0.4 is 15.4 Å². The van der Waals surface area contributed by atoms with Crippen molar-refractivity contribution in [1.29, 1.82) is 0 Å². The summed E-state index contributed by atoms with van der Waals surface area (Å²) in [5.41, 5.74) is 2.28. The van der Waals surface area contributed by atoms with E-state index in [0.29, 0.717) is 6.04 Å². The summed E-state index contributed by atoms with van der Waals surface area (Å²) in [5, 5.41) is 6.15. The van der Waals surface area contributed by atoms with E-state index in [1.165, 1.54) is 18.4 Å². The van der Waals surface area contributed by atoms with E-state index in [0.717, 1.165) is 30.7 Å². The smallest absolute Gasteiger partial charge is 0.258 e. The highest BCUT2D eigenvalue weighted by Gasteiger charge is 2.17. The van der Waals surface area contributed by atoms with Gasteiger partial charge in [-0.3, -0.25) is 4.79 Å². The molecule has 20 heavy (non-hydrogen) atoms. The van der Waals surface area contributed by atoms with Crippen LogP contribution in [0.3, 0.4) is 0 Å². The summed E-state index contributed by atoms with van der Waals surface area (Å²) >= 11 is 0. The first-order chi connectivity index (χ1) is 9.69. The van der Waals surface area contributed by atoms with Gasteiger partial charge in [0, 0.05) is 18.2 Å². The second-order valence-electron chi connectivity index (χ2n) is 5.48. The van der Waals surface area contributed by atoms with Crippen molar-refractivity contribution in [2.24, 2.45) is 0 Å². The minimum Gasteiger partial charge on any atom is -0.483 e. The molecule has 0 atom stereocenters. The molecular formula is C16H24N2O2. The Kier molecular flexibility index (Phi) is 5.41. The highest BCUT2D eigenvalue weighted by atomic mass is 16.5. The Morgan fingerprint density at radius 3 is 2.80 bits per heavy atom. The van der Waals surface area contributed by atoms with E-state index in [4.69, 9.17) is 4.74 Å². The summed E-state index contributed by atoms with van der Waals surface area (Å²) in [6.45, 7) is 2.88. The lowest BCUT2D eigenvalue weighted by Crippen LogP contribution is -2.36. The molecule has 0 radical (unpaired) electrons. The van der Waals surface area contributed by atoms with Gasteiger partial charge in [0.1, 0.15) is 5.75 Å². The zero-order valence-corrected chi connectivity index (χ0v) is 12.4. The fourth-order valence-electron chi connectivity index (χ4n) is 2.66. The number of hydrogen-bond acceptors (Lipinski definition) is 3. The first-order valence-electron chi connectivity index (χ1n) is 7.35. The van der Waals surface area contributed by atoms with E-state index in [2.05, 4.69) is 23.6 Å². The zero-order valence-electron chi connectivity index (χ0n) is 12.4. The molecule has 1 aromatic rings. The molecule has 0 heterocycles. The highest BCUT2D eigenvalue weighted by Crippen LogP contribution is 2.20. The van der Waals surface area contributed by atoms with Gasteiger partial charge in [-0.05, 0) is 32.9 Å². The molecule has 4 nitrogen and oxygen atoms in total. The number of carbonyl (C=O) groups excluding carboxylic acids is 1. The number of carbonyl (C=O) groups is 1. The highest BCUT2D eigenvalue weighted by molar-refractivity contribution is 5.77. The SMILES string of the molecule is CNCc1cc(C)ccc1OCC(=O)NC1CCCC1. The van der Waals surface area contributed by atoms with Crippen LogP contribution in [0.25, 0.3) is 0 Å². The molecule has 2 rings (SSSR count). The second kappa shape index (κ2) is 7.29. The Balaban J connectivity index is 1.87. The Bertz CT molecular complexity index is 454. The minimum atomic E-state index is -0.0205. The predicted molar refractivity (Wildman–Crippen MR) is 79.8 cm³/mol. The van der Waals surface area contributed by atoms with Crippen molar-refractivity contribution >= 4 is 5.91 Å². The summed E-state index contributed by atoms with van der Waals surface area (Å²) in [6.07, 6.45) is 4.63. The molecule has 1 aliphatic rings. The number of amides is 1. The van der Waals surface area contributed by atoms with Gasteiger partial charge in [-0.1, -0.05) is 30.5 Å². The Labute approximate surface area is 120 Å². The molecule has 2 N–H and O–H groups in total. The van der Waals surface area contributed by atoms with Gasteiger partial charge in [0.2, 0.25) is 0 Å². The number of rotatable bonds is 6. The van der Waals surface area contributed by atoms with E-state index < -0.39 is 0 Å². The maximum absolute atomic E-state index is 11.9. The zero-order chi connectivity index (χ0) is 14.4. The van der Waals surface area contributed by atoms with Crippen molar-refractivity contribution in [3.8, 4) is 5.75 Å². The standard InChI is InChI=1S/C16H24N2O2/c1-12-7-8-15(13(9-12)10-17-2)20-11-16(19)18-14-5-3-4-6-14/h7-9,14,17H,3-6,10-11H2,1-2H3,(H,18,19). The lowest BCUT2D eigenvalue weighted by molar-refractivity contribution is -0.123. The number of nitrogens with one attached hydrogen (secondary N) is 2. The fraction of sp³-hybridized carbons (Fsp3) is 0.562. The van der Waals surface area contributed by atoms with Crippen LogP contribution >= 0.6 is 0 Å². The quantitative estimate of drug-likeness (QED) is 0.837. The Morgan fingerprint density at radius 2 is 2.10 bits per heavy atom. The molecule has 4 heteroatoms. The lowest BCUT2D eigenvalue weighted by Gasteiger charge is -2.14. The first-order valence-corrected chi connectivity index (χ1v) is 7.35. The van der Waals surface area contributed by atoms with Crippen molar-refractivity contribution in [1.82, 2.24) is 10.6 Å². The molecule has 1 fully saturated rings. The molecule has 0 aliphatic heterocycles. The molecule has 110 valence electrons. The predicted octanol–water partition coefficient (Wildman–Crippen LogP) is 2.15. The van der Waals surface area contributed by atoms with Crippen LogP contribution in [0.1, 0.15) is 36.8 Å². The van der Waals surface area contributed by atoms with Crippen LogP contribution in [0.5, 0.6) is 5.75 Å². The van der Waals surface area contributed by atoms with Crippen molar-refractivity contribution in [3.05, 3.63) is 29.3 Å². The van der Waals surface area contributed by atoms with Gasteiger partial charge >= 0.3 is 0 Å². The minimum absolute atomic E-state index is 0.0205. The molecule has 0 saturated heterocycles. The normalized spacial score (nSPS) is 15.3. The summed E-state index contributed by atoms with van der Waals surface area (Å²) in [4.78, 5) is 11.9. The molecule has 1 aliphatic carbocycles. The first kappa shape index (κ1) is 14.9. The van der Waals surface area contributed by atoms with Gasteiger partial charge in [0.05, 0.1) is 0 Å². The average molecular weight is 276 g/mol. The fourth-order valence-corrected chi connectivity index (χ4v) is 2.66. The molecule has 0 spiro atoms. The largest absolute Gasteiger partial charge is 0.483 e. The maximum Gasteiger partial charge on any atom is 0.258 e. The van der Waals surface area contributed by atoms with E-state index in [1.54, 1.807) is 0 Å². The van der Waals surface area contributed by atoms with Gasteiger partial charge < -0.3 is 15.4 Å².